The standard InChI is InChI=1S/C13H21IO3Si/c1-11(14)13-7-5-12(6-8-13)9-10-18(15-2,16-3)17-4/h5-8,11H,9-10H2,1-4H3. The molecule has 1 aromatic rings. The van der Waals surface area contributed by atoms with Crippen molar-refractivity contribution in [1.82, 2.24) is 0 Å². The van der Waals surface area contributed by atoms with Gasteiger partial charge >= 0.3 is 8.80 Å². The molecule has 0 fully saturated rings. The largest absolute Gasteiger partial charge is 0.500 e. The van der Waals surface area contributed by atoms with Gasteiger partial charge in [-0.25, -0.2) is 0 Å². The van der Waals surface area contributed by atoms with Gasteiger partial charge in [0.2, 0.25) is 0 Å². The number of rotatable bonds is 7. The molecule has 0 spiro atoms. The van der Waals surface area contributed by atoms with Gasteiger partial charge in [0.1, 0.15) is 0 Å². The first kappa shape index (κ1) is 16.1. The Morgan fingerprint density at radius 3 is 1.94 bits per heavy atom. The highest BCUT2D eigenvalue weighted by Crippen LogP contribution is 2.23. The van der Waals surface area contributed by atoms with E-state index in [1.165, 1.54) is 11.1 Å². The van der Waals surface area contributed by atoms with Crippen LogP contribution < -0.4 is 0 Å². The molecule has 1 aromatic carbocycles. The second kappa shape index (κ2) is 7.59. The van der Waals surface area contributed by atoms with Gasteiger partial charge in [-0.1, -0.05) is 46.9 Å². The molecule has 0 N–H and O–H groups in total. The molecule has 0 aliphatic heterocycles. The molecule has 1 rings (SSSR count). The Labute approximate surface area is 124 Å². The van der Waals surface area contributed by atoms with Crippen LogP contribution in [-0.4, -0.2) is 30.1 Å². The first-order valence-corrected chi connectivity index (χ1v) is 9.13. The molecule has 0 aliphatic rings. The smallest absolute Gasteiger partial charge is 0.377 e. The second-order valence-electron chi connectivity index (χ2n) is 4.15. The van der Waals surface area contributed by atoms with Gasteiger partial charge in [-0.05, 0) is 24.5 Å². The van der Waals surface area contributed by atoms with Crippen LogP contribution in [0.25, 0.3) is 0 Å². The SMILES string of the molecule is CO[Si](CCc1ccc(C(C)I)cc1)(OC)OC. The minimum Gasteiger partial charge on any atom is -0.377 e. The van der Waals surface area contributed by atoms with E-state index in [1.54, 1.807) is 21.3 Å². The Morgan fingerprint density at radius 1 is 1.06 bits per heavy atom. The lowest BCUT2D eigenvalue weighted by molar-refractivity contribution is 0.123. The maximum atomic E-state index is 5.41. The van der Waals surface area contributed by atoms with Crippen LogP contribution >= 0.6 is 22.6 Å². The number of hydrogen-bond donors (Lipinski definition) is 0. The first-order valence-electron chi connectivity index (χ1n) is 5.95. The van der Waals surface area contributed by atoms with Crippen molar-refractivity contribution < 1.29 is 13.3 Å². The monoisotopic (exact) mass is 380 g/mol. The topological polar surface area (TPSA) is 27.7 Å². The molecular formula is C13H21IO3Si. The molecule has 0 bridgehead atoms. The molecule has 0 amide bonds. The minimum absolute atomic E-state index is 0.544. The normalized spacial score (nSPS) is 13.6. The molecule has 0 heterocycles. The molecule has 3 nitrogen and oxygen atoms in total. The van der Waals surface area contributed by atoms with Gasteiger partial charge in [0.15, 0.2) is 0 Å². The van der Waals surface area contributed by atoms with Gasteiger partial charge in [-0.15, -0.1) is 0 Å². The minimum atomic E-state index is -2.44. The Bertz CT molecular complexity index is 341. The number of hydrogen-bond acceptors (Lipinski definition) is 3. The number of aryl methyl sites for hydroxylation is 1. The van der Waals surface area contributed by atoms with Crippen LogP contribution in [0, 0.1) is 0 Å². The van der Waals surface area contributed by atoms with Crippen molar-refractivity contribution in [2.75, 3.05) is 21.3 Å². The Balaban J connectivity index is 2.62. The van der Waals surface area contributed by atoms with Crippen molar-refractivity contribution >= 4 is 31.4 Å². The van der Waals surface area contributed by atoms with Crippen LogP contribution in [-0.2, 0) is 19.7 Å². The van der Waals surface area contributed by atoms with E-state index in [0.29, 0.717) is 3.92 Å². The zero-order valence-electron chi connectivity index (χ0n) is 11.4. The van der Waals surface area contributed by atoms with E-state index in [2.05, 4.69) is 53.8 Å². The van der Waals surface area contributed by atoms with E-state index >= 15 is 0 Å². The van der Waals surface area contributed by atoms with E-state index in [0.717, 1.165) is 12.5 Å². The molecule has 18 heavy (non-hydrogen) atoms. The number of alkyl halides is 1. The van der Waals surface area contributed by atoms with E-state index < -0.39 is 8.80 Å². The first-order chi connectivity index (χ1) is 8.56. The Morgan fingerprint density at radius 2 is 1.56 bits per heavy atom. The molecule has 0 aromatic heterocycles. The zero-order chi connectivity index (χ0) is 13.6. The summed E-state index contributed by atoms with van der Waals surface area (Å²) in [6.07, 6.45) is 0.914. The molecule has 0 radical (unpaired) electrons. The maximum absolute atomic E-state index is 5.41. The molecule has 0 saturated heterocycles. The van der Waals surface area contributed by atoms with Gasteiger partial charge in [0.25, 0.3) is 0 Å². The summed E-state index contributed by atoms with van der Waals surface area (Å²) in [7, 11) is 2.52. The van der Waals surface area contributed by atoms with Crippen LogP contribution in [0.3, 0.4) is 0 Å². The average Bonchev–Trinajstić information content (AvgIpc) is 2.41. The molecule has 102 valence electrons. The second-order valence-corrected chi connectivity index (χ2v) is 9.11. The highest BCUT2D eigenvalue weighted by molar-refractivity contribution is 14.1. The van der Waals surface area contributed by atoms with E-state index in [9.17, 15) is 0 Å². The fourth-order valence-corrected chi connectivity index (χ4v) is 3.93. The summed E-state index contributed by atoms with van der Waals surface area (Å²) in [6.45, 7) is 2.19. The third kappa shape index (κ3) is 4.31. The van der Waals surface area contributed by atoms with Gasteiger partial charge in [-0.3, -0.25) is 0 Å². The van der Waals surface area contributed by atoms with Crippen molar-refractivity contribution in [3.8, 4) is 0 Å². The molecule has 1 atom stereocenters. The van der Waals surface area contributed by atoms with Gasteiger partial charge < -0.3 is 13.3 Å². The summed E-state index contributed by atoms with van der Waals surface area (Å²) in [5.74, 6) is 0. The summed E-state index contributed by atoms with van der Waals surface area (Å²) in [6, 6.07) is 9.51. The van der Waals surface area contributed by atoms with E-state index in [4.69, 9.17) is 13.3 Å². The summed E-state index contributed by atoms with van der Waals surface area (Å²) < 4.78 is 16.8. The van der Waals surface area contributed by atoms with Crippen molar-refractivity contribution in [1.29, 1.82) is 0 Å². The quantitative estimate of drug-likeness (QED) is 0.411. The highest BCUT2D eigenvalue weighted by atomic mass is 127. The summed E-state index contributed by atoms with van der Waals surface area (Å²) in [5, 5.41) is 0. The van der Waals surface area contributed by atoms with Crippen LogP contribution in [0.15, 0.2) is 24.3 Å². The van der Waals surface area contributed by atoms with E-state index in [-0.39, 0.29) is 0 Å². The van der Waals surface area contributed by atoms with Gasteiger partial charge in [-0.2, -0.15) is 0 Å². The number of benzene rings is 1. The molecule has 1 unspecified atom stereocenters. The third-order valence-corrected chi connectivity index (χ3v) is 6.54. The average molecular weight is 380 g/mol. The van der Waals surface area contributed by atoms with Crippen LogP contribution in [0.5, 0.6) is 0 Å². The van der Waals surface area contributed by atoms with Crippen LogP contribution in [0.2, 0.25) is 6.04 Å². The van der Waals surface area contributed by atoms with Crippen LogP contribution in [0.1, 0.15) is 22.0 Å². The summed E-state index contributed by atoms with van der Waals surface area (Å²) >= 11 is 2.42. The van der Waals surface area contributed by atoms with Crippen molar-refractivity contribution in [3.63, 3.8) is 0 Å². The van der Waals surface area contributed by atoms with Crippen molar-refractivity contribution in [2.45, 2.75) is 23.3 Å². The van der Waals surface area contributed by atoms with Crippen molar-refractivity contribution in [2.24, 2.45) is 0 Å². The molecule has 5 heteroatoms. The molecular weight excluding hydrogens is 359 g/mol. The van der Waals surface area contributed by atoms with Gasteiger partial charge in [0.05, 0.1) is 0 Å². The summed E-state index contributed by atoms with van der Waals surface area (Å²) in [5.41, 5.74) is 2.65. The lowest BCUT2D eigenvalue weighted by Crippen LogP contribution is -2.43. The molecule has 0 saturated carbocycles. The van der Waals surface area contributed by atoms with Crippen LogP contribution in [0.4, 0.5) is 0 Å². The maximum Gasteiger partial charge on any atom is 0.500 e. The predicted molar refractivity (Wildman–Crippen MR) is 84.2 cm³/mol. The third-order valence-electron chi connectivity index (χ3n) is 3.09. The Kier molecular flexibility index (Phi) is 6.79. The highest BCUT2D eigenvalue weighted by Gasteiger charge is 2.37. The fourth-order valence-electron chi connectivity index (χ4n) is 1.80. The van der Waals surface area contributed by atoms with E-state index in [1.807, 2.05) is 0 Å². The zero-order valence-corrected chi connectivity index (χ0v) is 14.6. The lowest BCUT2D eigenvalue weighted by atomic mass is 10.1. The predicted octanol–water partition coefficient (Wildman–Crippen LogP) is 3.60. The van der Waals surface area contributed by atoms with Gasteiger partial charge in [0, 0.05) is 31.3 Å². The summed E-state index contributed by atoms with van der Waals surface area (Å²) in [4.78, 5) is 0. The fraction of sp³-hybridized carbons (Fsp3) is 0.538. The lowest BCUT2D eigenvalue weighted by Gasteiger charge is -2.24. The molecule has 0 aliphatic carbocycles. The Hall–Kier alpha value is 0.0469. The number of halogens is 1. The van der Waals surface area contributed by atoms with Crippen molar-refractivity contribution in [3.05, 3.63) is 35.4 Å².